The van der Waals surface area contributed by atoms with Crippen LogP contribution in [0.5, 0.6) is 0 Å². The summed E-state index contributed by atoms with van der Waals surface area (Å²) in [6.07, 6.45) is 2.32. The van der Waals surface area contributed by atoms with Crippen LogP contribution in [0.2, 0.25) is 0 Å². The zero-order valence-corrected chi connectivity index (χ0v) is 9.45. The number of hydrogen-bond donors (Lipinski definition) is 3. The topological polar surface area (TPSA) is 98.2 Å². The molecule has 0 spiro atoms. The third-order valence-corrected chi connectivity index (χ3v) is 2.18. The highest BCUT2D eigenvalue weighted by Gasteiger charge is 2.08. The van der Waals surface area contributed by atoms with Crippen molar-refractivity contribution in [2.75, 3.05) is 6.54 Å². The van der Waals surface area contributed by atoms with Gasteiger partial charge in [0.2, 0.25) is 5.91 Å². The highest BCUT2D eigenvalue weighted by atomic mass is 16.2. The molecule has 2 unspecified atom stereocenters. The maximum atomic E-state index is 11.0. The number of unbranched alkanes of at least 4 members (excludes halogenated alkanes) is 1. The van der Waals surface area contributed by atoms with E-state index in [1.165, 1.54) is 6.92 Å². The monoisotopic (exact) mass is 215 g/mol. The van der Waals surface area contributed by atoms with Crippen LogP contribution < -0.4 is 16.8 Å². The first kappa shape index (κ1) is 14.1. The fraction of sp³-hybridized carbons (Fsp3) is 0.800. The van der Waals surface area contributed by atoms with Crippen LogP contribution in [-0.2, 0) is 9.59 Å². The molecule has 0 aromatic carbocycles. The van der Waals surface area contributed by atoms with Crippen molar-refractivity contribution in [1.29, 1.82) is 0 Å². The second-order valence-electron chi connectivity index (χ2n) is 3.79. The minimum absolute atomic E-state index is 0.00890. The Morgan fingerprint density at radius 2 is 1.87 bits per heavy atom. The second kappa shape index (κ2) is 7.36. The van der Waals surface area contributed by atoms with Gasteiger partial charge in [-0.05, 0) is 33.1 Å². The average Bonchev–Trinajstić information content (AvgIpc) is 2.16. The van der Waals surface area contributed by atoms with Crippen molar-refractivity contribution in [3.63, 3.8) is 0 Å². The molecule has 0 fully saturated rings. The van der Waals surface area contributed by atoms with Crippen LogP contribution in [0, 0.1) is 0 Å². The lowest BCUT2D eigenvalue weighted by Crippen LogP contribution is -2.38. The van der Waals surface area contributed by atoms with Crippen molar-refractivity contribution >= 4 is 11.7 Å². The molecule has 15 heavy (non-hydrogen) atoms. The van der Waals surface area contributed by atoms with E-state index in [-0.39, 0.29) is 17.7 Å². The van der Waals surface area contributed by atoms with Gasteiger partial charge in [-0.25, -0.2) is 0 Å². The van der Waals surface area contributed by atoms with Crippen LogP contribution in [0.4, 0.5) is 0 Å². The molecule has 0 saturated carbocycles. The molecule has 0 saturated heterocycles. The van der Waals surface area contributed by atoms with Crippen LogP contribution in [0.3, 0.4) is 0 Å². The molecule has 5 N–H and O–H groups in total. The largest absolute Gasteiger partial charge is 0.355 e. The van der Waals surface area contributed by atoms with Gasteiger partial charge in [0.15, 0.2) is 0 Å². The SMILES string of the molecule is CC(=O)C(N)CCCCNC(=O)C(C)N. The van der Waals surface area contributed by atoms with Gasteiger partial charge in [-0.2, -0.15) is 0 Å². The van der Waals surface area contributed by atoms with E-state index in [2.05, 4.69) is 5.32 Å². The molecule has 0 aliphatic rings. The predicted molar refractivity (Wildman–Crippen MR) is 59.2 cm³/mol. The molecule has 0 radical (unpaired) electrons. The van der Waals surface area contributed by atoms with Gasteiger partial charge in [-0.3, -0.25) is 9.59 Å². The van der Waals surface area contributed by atoms with Gasteiger partial charge in [0, 0.05) is 6.54 Å². The first-order valence-electron chi connectivity index (χ1n) is 5.24. The van der Waals surface area contributed by atoms with E-state index in [9.17, 15) is 9.59 Å². The quantitative estimate of drug-likeness (QED) is 0.500. The standard InChI is InChI=1S/C10H21N3O2/c1-7(11)10(15)13-6-4-3-5-9(12)8(2)14/h7,9H,3-6,11-12H2,1-2H3,(H,13,15). The van der Waals surface area contributed by atoms with E-state index in [0.29, 0.717) is 13.0 Å². The molecule has 5 heteroatoms. The Hall–Kier alpha value is -0.940. The summed E-state index contributed by atoms with van der Waals surface area (Å²) in [5.41, 5.74) is 10.9. The maximum absolute atomic E-state index is 11.0. The average molecular weight is 215 g/mol. The number of carbonyl (C=O) groups is 2. The van der Waals surface area contributed by atoms with Gasteiger partial charge < -0.3 is 16.8 Å². The lowest BCUT2D eigenvalue weighted by Gasteiger charge is -2.09. The second-order valence-corrected chi connectivity index (χ2v) is 3.79. The lowest BCUT2D eigenvalue weighted by molar-refractivity contribution is -0.122. The Bertz CT molecular complexity index is 217. The summed E-state index contributed by atoms with van der Waals surface area (Å²) >= 11 is 0. The third-order valence-electron chi connectivity index (χ3n) is 2.18. The number of Topliss-reactive ketones (excluding diaryl/α,β-unsaturated/α-hetero) is 1. The molecule has 5 nitrogen and oxygen atoms in total. The summed E-state index contributed by atoms with van der Waals surface area (Å²) in [4.78, 5) is 21.8. The molecule has 0 heterocycles. The van der Waals surface area contributed by atoms with Crippen LogP contribution in [0.1, 0.15) is 33.1 Å². The Labute approximate surface area is 90.6 Å². The minimum atomic E-state index is -0.468. The fourth-order valence-electron chi connectivity index (χ4n) is 1.07. The van der Waals surface area contributed by atoms with Crippen molar-refractivity contribution in [1.82, 2.24) is 5.32 Å². The Kier molecular flexibility index (Phi) is 6.90. The molecule has 0 bridgehead atoms. The number of carbonyl (C=O) groups excluding carboxylic acids is 2. The Balaban J connectivity index is 3.40. The zero-order valence-electron chi connectivity index (χ0n) is 9.45. The number of ketones is 1. The molecule has 1 amide bonds. The van der Waals surface area contributed by atoms with E-state index in [4.69, 9.17) is 11.5 Å². The first-order chi connectivity index (χ1) is 6.95. The van der Waals surface area contributed by atoms with Crippen LogP contribution in [0.15, 0.2) is 0 Å². The Morgan fingerprint density at radius 3 is 2.33 bits per heavy atom. The molecule has 2 atom stereocenters. The molecule has 0 aromatic rings. The summed E-state index contributed by atoms with van der Waals surface area (Å²) < 4.78 is 0. The number of hydrogen-bond acceptors (Lipinski definition) is 4. The molecule has 0 aromatic heterocycles. The summed E-state index contributed by atoms with van der Waals surface area (Å²) in [5.74, 6) is -0.138. The van der Waals surface area contributed by atoms with Gasteiger partial charge in [0.05, 0.1) is 12.1 Å². The summed E-state index contributed by atoms with van der Waals surface area (Å²) in [6.45, 7) is 3.72. The van der Waals surface area contributed by atoms with E-state index < -0.39 is 6.04 Å². The van der Waals surface area contributed by atoms with E-state index in [1.807, 2.05) is 0 Å². The van der Waals surface area contributed by atoms with Gasteiger partial charge in [0.1, 0.15) is 5.78 Å². The van der Waals surface area contributed by atoms with Gasteiger partial charge >= 0.3 is 0 Å². The highest BCUT2D eigenvalue weighted by Crippen LogP contribution is 1.98. The maximum Gasteiger partial charge on any atom is 0.236 e. The molecule has 88 valence electrons. The molecule has 0 aliphatic carbocycles. The van der Waals surface area contributed by atoms with Crippen LogP contribution in [0.25, 0.3) is 0 Å². The summed E-state index contributed by atoms with van der Waals surface area (Å²) in [5, 5.41) is 2.70. The zero-order chi connectivity index (χ0) is 11.8. The number of amides is 1. The van der Waals surface area contributed by atoms with Crippen molar-refractivity contribution < 1.29 is 9.59 Å². The molecular formula is C10H21N3O2. The molecule has 0 aliphatic heterocycles. The van der Waals surface area contributed by atoms with Crippen molar-refractivity contribution in [2.24, 2.45) is 11.5 Å². The number of nitrogens with two attached hydrogens (primary N) is 2. The minimum Gasteiger partial charge on any atom is -0.355 e. The first-order valence-corrected chi connectivity index (χ1v) is 5.24. The van der Waals surface area contributed by atoms with Crippen molar-refractivity contribution in [3.05, 3.63) is 0 Å². The van der Waals surface area contributed by atoms with Crippen LogP contribution >= 0.6 is 0 Å². The van der Waals surface area contributed by atoms with Gasteiger partial charge in [0.25, 0.3) is 0 Å². The van der Waals surface area contributed by atoms with Crippen molar-refractivity contribution in [2.45, 2.75) is 45.2 Å². The van der Waals surface area contributed by atoms with E-state index in [1.54, 1.807) is 6.92 Å². The highest BCUT2D eigenvalue weighted by molar-refractivity contribution is 5.81. The molecular weight excluding hydrogens is 194 g/mol. The molecule has 0 rings (SSSR count). The number of nitrogens with one attached hydrogen (secondary N) is 1. The van der Waals surface area contributed by atoms with Gasteiger partial charge in [-0.1, -0.05) is 0 Å². The van der Waals surface area contributed by atoms with Gasteiger partial charge in [-0.15, -0.1) is 0 Å². The van der Waals surface area contributed by atoms with Crippen molar-refractivity contribution in [3.8, 4) is 0 Å². The number of rotatable bonds is 7. The van der Waals surface area contributed by atoms with E-state index in [0.717, 1.165) is 12.8 Å². The smallest absolute Gasteiger partial charge is 0.236 e. The predicted octanol–water partition coefficient (Wildman–Crippen LogP) is -0.464. The van der Waals surface area contributed by atoms with Crippen LogP contribution in [-0.4, -0.2) is 30.3 Å². The third kappa shape index (κ3) is 7.04. The summed E-state index contributed by atoms with van der Waals surface area (Å²) in [6, 6.07) is -0.835. The van der Waals surface area contributed by atoms with E-state index >= 15 is 0 Å². The Morgan fingerprint density at radius 1 is 1.27 bits per heavy atom. The summed E-state index contributed by atoms with van der Waals surface area (Å²) in [7, 11) is 0. The normalized spacial score (nSPS) is 14.4. The fourth-order valence-corrected chi connectivity index (χ4v) is 1.07. The lowest BCUT2D eigenvalue weighted by atomic mass is 10.1.